The number of carbonyl (C=O) groups excluding carboxylic acids is 1. The van der Waals surface area contributed by atoms with E-state index < -0.39 is 29.8 Å². The van der Waals surface area contributed by atoms with Crippen LogP contribution in [0.3, 0.4) is 0 Å². The van der Waals surface area contributed by atoms with Crippen LogP contribution >= 0.6 is 0 Å². The van der Waals surface area contributed by atoms with Gasteiger partial charge < -0.3 is 19.6 Å². The third kappa shape index (κ3) is 6.10. The largest absolute Gasteiger partial charge is 0.481 e. The van der Waals surface area contributed by atoms with Crippen molar-refractivity contribution in [3.05, 3.63) is 29.3 Å². The Morgan fingerprint density at radius 1 is 1.18 bits per heavy atom. The number of carboxylic acid groups (broad SMARTS) is 1. The highest BCUT2D eigenvalue weighted by atomic mass is 19.4. The van der Waals surface area contributed by atoms with Crippen LogP contribution in [0, 0.1) is 12.3 Å². The summed E-state index contributed by atoms with van der Waals surface area (Å²) in [4.78, 5) is 29.4. The monoisotopic (exact) mass is 471 g/mol. The number of hydrogen-bond donors (Lipinski definition) is 1. The van der Waals surface area contributed by atoms with Gasteiger partial charge in [-0.15, -0.1) is 0 Å². The van der Waals surface area contributed by atoms with E-state index in [0.717, 1.165) is 36.7 Å². The Bertz CT molecular complexity index is 871. The highest BCUT2D eigenvalue weighted by Crippen LogP contribution is 2.35. The minimum atomic E-state index is -4.58. The Hall–Kier alpha value is -2.49. The number of piperazine rings is 1. The zero-order valence-electron chi connectivity index (χ0n) is 19.3. The lowest BCUT2D eigenvalue weighted by molar-refractivity contribution is -0.200. The molecular weight excluding hydrogens is 439 g/mol. The Morgan fingerprint density at radius 2 is 1.85 bits per heavy atom. The summed E-state index contributed by atoms with van der Waals surface area (Å²) in [5.74, 6) is -0.788. The summed E-state index contributed by atoms with van der Waals surface area (Å²) >= 11 is 0. The van der Waals surface area contributed by atoms with E-state index in [1.54, 1.807) is 6.92 Å². The van der Waals surface area contributed by atoms with Crippen molar-refractivity contribution in [1.29, 1.82) is 0 Å². The third-order valence-corrected chi connectivity index (χ3v) is 6.56. The maximum Gasteiger partial charge on any atom is 0.425 e. The summed E-state index contributed by atoms with van der Waals surface area (Å²) < 4.78 is 42.5. The number of benzene rings is 1. The zero-order valence-corrected chi connectivity index (χ0v) is 19.3. The fourth-order valence-corrected chi connectivity index (χ4v) is 4.34. The number of anilines is 1. The van der Waals surface area contributed by atoms with Gasteiger partial charge in [-0.2, -0.15) is 13.2 Å². The molecule has 1 amide bonds. The molecule has 7 nitrogen and oxygen atoms in total. The van der Waals surface area contributed by atoms with Gasteiger partial charge in [0.1, 0.15) is 0 Å². The Kier molecular flexibility index (Phi) is 7.45. The lowest BCUT2D eigenvalue weighted by Gasteiger charge is -2.40. The Labute approximate surface area is 192 Å². The number of piperidine rings is 1. The second kappa shape index (κ2) is 9.79. The van der Waals surface area contributed by atoms with Crippen LogP contribution in [0.15, 0.2) is 18.2 Å². The number of ether oxygens (including phenoxy) is 1. The van der Waals surface area contributed by atoms with Gasteiger partial charge in [-0.05, 0) is 50.8 Å². The van der Waals surface area contributed by atoms with Crippen LogP contribution in [-0.2, 0) is 16.1 Å². The van der Waals surface area contributed by atoms with E-state index in [9.17, 15) is 27.9 Å². The fraction of sp³-hybridized carbons (Fsp3) is 0.652. The minimum Gasteiger partial charge on any atom is -0.481 e. The number of aliphatic carboxylic acids is 1. The molecule has 0 radical (unpaired) electrons. The first-order valence-corrected chi connectivity index (χ1v) is 11.2. The van der Waals surface area contributed by atoms with E-state index in [4.69, 9.17) is 0 Å². The standard InChI is InChI=1S/C23H32F3N3O4/c1-16-5-6-18(19(13-16)29-8-4-7-22(3,15-29)20(30)31)14-27-9-11-28(12-10-27)21(32)33-17(2)23(24,25)26/h5-6,13,17H,4,7-12,14-15H2,1-3H3,(H,30,31). The molecule has 2 atom stereocenters. The molecule has 1 aromatic carbocycles. The van der Waals surface area contributed by atoms with Crippen molar-refractivity contribution < 1.29 is 32.6 Å². The minimum absolute atomic E-state index is 0.283. The summed E-state index contributed by atoms with van der Waals surface area (Å²) in [6.07, 6.45) is -6.22. The van der Waals surface area contributed by atoms with Crippen molar-refractivity contribution in [2.24, 2.45) is 5.41 Å². The summed E-state index contributed by atoms with van der Waals surface area (Å²) in [6.45, 7) is 8.03. The van der Waals surface area contributed by atoms with Crippen LogP contribution in [0.25, 0.3) is 0 Å². The quantitative estimate of drug-likeness (QED) is 0.703. The molecule has 1 aromatic rings. The molecule has 2 aliphatic heterocycles. The molecule has 1 N–H and O–H groups in total. The summed E-state index contributed by atoms with van der Waals surface area (Å²) in [5, 5.41) is 9.68. The van der Waals surface area contributed by atoms with Crippen molar-refractivity contribution in [2.75, 3.05) is 44.2 Å². The molecule has 0 aliphatic carbocycles. The van der Waals surface area contributed by atoms with E-state index in [1.165, 1.54) is 4.90 Å². The maximum atomic E-state index is 12.7. The number of halogens is 3. The first-order chi connectivity index (χ1) is 15.4. The van der Waals surface area contributed by atoms with Crippen LogP contribution in [0.2, 0.25) is 0 Å². The summed E-state index contributed by atoms with van der Waals surface area (Å²) in [5.41, 5.74) is 2.38. The third-order valence-electron chi connectivity index (χ3n) is 6.56. The average molecular weight is 472 g/mol. The van der Waals surface area contributed by atoms with Crippen LogP contribution in [0.1, 0.15) is 37.8 Å². The van der Waals surface area contributed by atoms with Gasteiger partial charge in [0.15, 0.2) is 6.10 Å². The number of carboxylic acids is 1. The van der Waals surface area contributed by atoms with E-state index >= 15 is 0 Å². The van der Waals surface area contributed by atoms with Gasteiger partial charge in [0.25, 0.3) is 0 Å². The predicted octanol–water partition coefficient (Wildman–Crippen LogP) is 3.89. The number of nitrogens with zero attached hydrogens (tertiary/aromatic N) is 3. The first kappa shape index (κ1) is 25.1. The van der Waals surface area contributed by atoms with Gasteiger partial charge in [0.2, 0.25) is 0 Å². The summed E-state index contributed by atoms with van der Waals surface area (Å²) in [6, 6.07) is 6.14. The van der Waals surface area contributed by atoms with Crippen LogP contribution in [0.5, 0.6) is 0 Å². The van der Waals surface area contributed by atoms with Crippen LogP contribution in [-0.4, -0.2) is 78.5 Å². The molecule has 2 saturated heterocycles. The van der Waals surface area contributed by atoms with Gasteiger partial charge in [0.05, 0.1) is 5.41 Å². The second-order valence-electron chi connectivity index (χ2n) is 9.35. The lowest BCUT2D eigenvalue weighted by Crippen LogP contribution is -2.50. The Balaban J connectivity index is 1.63. The smallest absolute Gasteiger partial charge is 0.425 e. The zero-order chi connectivity index (χ0) is 24.4. The molecule has 0 saturated carbocycles. The number of aryl methyl sites for hydroxylation is 1. The van der Waals surface area contributed by atoms with Crippen molar-refractivity contribution in [3.63, 3.8) is 0 Å². The van der Waals surface area contributed by atoms with E-state index in [2.05, 4.69) is 20.6 Å². The number of alkyl halides is 3. The number of rotatable bonds is 5. The molecule has 2 aliphatic rings. The molecule has 3 rings (SSSR count). The van der Waals surface area contributed by atoms with Gasteiger partial charge in [-0.3, -0.25) is 9.69 Å². The van der Waals surface area contributed by atoms with Gasteiger partial charge in [0, 0.05) is 51.5 Å². The van der Waals surface area contributed by atoms with Crippen LogP contribution in [0.4, 0.5) is 23.7 Å². The van der Waals surface area contributed by atoms with E-state index in [1.807, 2.05) is 19.1 Å². The number of amides is 1. The number of hydrogen-bond acceptors (Lipinski definition) is 5. The molecule has 2 unspecified atom stereocenters. The fourth-order valence-electron chi connectivity index (χ4n) is 4.34. The molecule has 0 bridgehead atoms. The molecule has 184 valence electrons. The van der Waals surface area contributed by atoms with E-state index in [0.29, 0.717) is 32.6 Å². The SMILES string of the molecule is Cc1ccc(CN2CCN(C(=O)OC(C)C(F)(F)F)CC2)c(N2CCCC(C)(C(=O)O)C2)c1. The molecular formula is C23H32F3N3O4. The van der Waals surface area contributed by atoms with Gasteiger partial charge in [-0.1, -0.05) is 12.1 Å². The highest BCUT2D eigenvalue weighted by molar-refractivity contribution is 5.76. The highest BCUT2D eigenvalue weighted by Gasteiger charge is 2.40. The molecule has 2 heterocycles. The van der Waals surface area contributed by atoms with Gasteiger partial charge >= 0.3 is 18.2 Å². The van der Waals surface area contributed by atoms with Crippen molar-refractivity contribution >= 4 is 17.7 Å². The second-order valence-corrected chi connectivity index (χ2v) is 9.35. The molecule has 0 spiro atoms. The molecule has 10 heteroatoms. The Morgan fingerprint density at radius 3 is 2.45 bits per heavy atom. The molecule has 0 aromatic heterocycles. The van der Waals surface area contributed by atoms with E-state index in [-0.39, 0.29) is 13.1 Å². The summed E-state index contributed by atoms with van der Waals surface area (Å²) in [7, 11) is 0. The predicted molar refractivity (Wildman–Crippen MR) is 117 cm³/mol. The maximum absolute atomic E-state index is 12.7. The average Bonchev–Trinajstić information content (AvgIpc) is 2.74. The van der Waals surface area contributed by atoms with Crippen molar-refractivity contribution in [3.8, 4) is 0 Å². The number of carbonyl (C=O) groups is 2. The molecule has 33 heavy (non-hydrogen) atoms. The normalized spacial score (nSPS) is 23.3. The van der Waals surface area contributed by atoms with Gasteiger partial charge in [-0.25, -0.2) is 4.79 Å². The first-order valence-electron chi connectivity index (χ1n) is 11.2. The molecule has 2 fully saturated rings. The van der Waals surface area contributed by atoms with Crippen molar-refractivity contribution in [2.45, 2.75) is 52.4 Å². The topological polar surface area (TPSA) is 73.3 Å². The lowest BCUT2D eigenvalue weighted by atomic mass is 9.81. The van der Waals surface area contributed by atoms with Crippen molar-refractivity contribution in [1.82, 2.24) is 9.80 Å². The van der Waals surface area contributed by atoms with Crippen LogP contribution < -0.4 is 4.90 Å².